The molecule has 0 amide bonds. The lowest BCUT2D eigenvalue weighted by molar-refractivity contribution is -0.385. The highest BCUT2D eigenvalue weighted by Crippen LogP contribution is 2.30. The van der Waals surface area contributed by atoms with Crippen molar-refractivity contribution >= 4 is 27.4 Å². The van der Waals surface area contributed by atoms with Gasteiger partial charge in [-0.25, -0.2) is 4.39 Å². The van der Waals surface area contributed by atoms with Crippen molar-refractivity contribution in [3.05, 3.63) is 62.4 Å². The summed E-state index contributed by atoms with van der Waals surface area (Å²) < 4.78 is 18.8. The normalized spacial score (nSPS) is 10.2. The summed E-state index contributed by atoms with van der Waals surface area (Å²) in [6.07, 6.45) is 0. The van der Waals surface area contributed by atoms with Crippen LogP contribution < -0.4 is 4.74 Å². The van der Waals surface area contributed by atoms with E-state index in [9.17, 15) is 19.3 Å². The van der Waals surface area contributed by atoms with Crippen LogP contribution in [0.15, 0.2) is 40.9 Å². The summed E-state index contributed by atoms with van der Waals surface area (Å²) in [7, 11) is 0. The number of ketones is 1. The molecule has 0 aliphatic rings. The molecule has 0 spiro atoms. The summed E-state index contributed by atoms with van der Waals surface area (Å²) in [4.78, 5) is 21.7. The lowest BCUT2D eigenvalue weighted by Crippen LogP contribution is -2.00. The zero-order chi connectivity index (χ0) is 15.6. The van der Waals surface area contributed by atoms with Crippen molar-refractivity contribution in [2.45, 2.75) is 6.92 Å². The molecule has 0 N–H and O–H groups in total. The second-order valence-electron chi connectivity index (χ2n) is 4.17. The van der Waals surface area contributed by atoms with Crippen LogP contribution in [0.3, 0.4) is 0 Å². The minimum absolute atomic E-state index is 0.0429. The number of carbonyl (C=O) groups is 1. The van der Waals surface area contributed by atoms with Gasteiger partial charge in [0.05, 0.1) is 15.0 Å². The lowest BCUT2D eigenvalue weighted by atomic mass is 10.1. The van der Waals surface area contributed by atoms with E-state index in [0.29, 0.717) is 5.75 Å². The first-order valence-electron chi connectivity index (χ1n) is 5.81. The van der Waals surface area contributed by atoms with Gasteiger partial charge in [0, 0.05) is 6.07 Å². The van der Waals surface area contributed by atoms with E-state index in [-0.39, 0.29) is 21.5 Å². The van der Waals surface area contributed by atoms with Gasteiger partial charge < -0.3 is 4.74 Å². The zero-order valence-corrected chi connectivity index (χ0v) is 12.4. The average molecular weight is 354 g/mol. The fourth-order valence-corrected chi connectivity index (χ4v) is 2.05. The largest absolute Gasteiger partial charge is 0.457 e. The van der Waals surface area contributed by atoms with Crippen LogP contribution in [-0.2, 0) is 0 Å². The predicted octanol–water partition coefficient (Wildman–Crippen LogP) is 4.49. The number of nitrogens with zero attached hydrogens (tertiary/aromatic N) is 1. The van der Waals surface area contributed by atoms with Crippen LogP contribution in [0, 0.1) is 15.9 Å². The topological polar surface area (TPSA) is 69.4 Å². The third-order valence-corrected chi connectivity index (χ3v) is 3.28. The van der Waals surface area contributed by atoms with E-state index in [1.54, 1.807) is 0 Å². The maximum atomic E-state index is 13.1. The fraction of sp³-hybridized carbons (Fsp3) is 0.0714. The molecule has 0 saturated heterocycles. The van der Waals surface area contributed by atoms with Crippen LogP contribution in [0.1, 0.15) is 17.3 Å². The van der Waals surface area contributed by atoms with Crippen LogP contribution in [0.5, 0.6) is 11.5 Å². The zero-order valence-electron chi connectivity index (χ0n) is 10.8. The monoisotopic (exact) mass is 353 g/mol. The molecule has 0 radical (unpaired) electrons. The van der Waals surface area contributed by atoms with E-state index in [4.69, 9.17) is 4.74 Å². The van der Waals surface area contributed by atoms with Crippen LogP contribution in [0.25, 0.3) is 0 Å². The minimum Gasteiger partial charge on any atom is -0.457 e. The van der Waals surface area contributed by atoms with Crippen molar-refractivity contribution in [3.63, 3.8) is 0 Å². The van der Waals surface area contributed by atoms with Crippen molar-refractivity contribution in [1.82, 2.24) is 0 Å². The van der Waals surface area contributed by atoms with Gasteiger partial charge in [-0.3, -0.25) is 14.9 Å². The van der Waals surface area contributed by atoms with Gasteiger partial charge in [0.2, 0.25) is 0 Å². The van der Waals surface area contributed by atoms with Crippen LogP contribution in [-0.4, -0.2) is 10.7 Å². The molecule has 0 heterocycles. The first-order valence-corrected chi connectivity index (χ1v) is 6.60. The van der Waals surface area contributed by atoms with Gasteiger partial charge in [-0.2, -0.15) is 0 Å². The maximum Gasteiger partial charge on any atom is 0.280 e. The second kappa shape index (κ2) is 6.01. The Morgan fingerprint density at radius 1 is 1.24 bits per heavy atom. The van der Waals surface area contributed by atoms with E-state index in [0.717, 1.165) is 0 Å². The van der Waals surface area contributed by atoms with Gasteiger partial charge in [0.1, 0.15) is 17.3 Å². The smallest absolute Gasteiger partial charge is 0.280 e. The first kappa shape index (κ1) is 15.1. The predicted molar refractivity (Wildman–Crippen MR) is 77.3 cm³/mol. The van der Waals surface area contributed by atoms with Gasteiger partial charge in [-0.1, -0.05) is 0 Å². The van der Waals surface area contributed by atoms with Gasteiger partial charge in [-0.15, -0.1) is 0 Å². The Hall–Kier alpha value is -2.28. The highest BCUT2D eigenvalue weighted by Gasteiger charge is 2.18. The third-order valence-electron chi connectivity index (χ3n) is 2.67. The highest BCUT2D eigenvalue weighted by atomic mass is 79.9. The fourth-order valence-electron chi connectivity index (χ4n) is 1.70. The molecular formula is C14H9BrFNO4. The molecule has 2 aromatic carbocycles. The van der Waals surface area contributed by atoms with E-state index in [1.807, 2.05) is 0 Å². The van der Waals surface area contributed by atoms with Crippen molar-refractivity contribution < 1.29 is 18.8 Å². The Bertz CT molecular complexity index is 733. The van der Waals surface area contributed by atoms with E-state index in [1.165, 1.54) is 43.3 Å². The van der Waals surface area contributed by atoms with Gasteiger partial charge in [0.15, 0.2) is 5.78 Å². The molecular weight excluding hydrogens is 345 g/mol. The van der Waals surface area contributed by atoms with Crippen molar-refractivity contribution in [3.8, 4) is 11.5 Å². The van der Waals surface area contributed by atoms with E-state index in [2.05, 4.69) is 15.9 Å². The minimum atomic E-state index is -0.630. The molecule has 0 bridgehead atoms. The molecule has 7 heteroatoms. The SMILES string of the molecule is CC(=O)c1cc(Oc2ccc(F)c(Br)c2)ccc1[N+](=O)[O-]. The highest BCUT2D eigenvalue weighted by molar-refractivity contribution is 9.10. The number of ether oxygens (including phenoxy) is 1. The summed E-state index contributed by atoms with van der Waals surface area (Å²) in [5.74, 6) is -0.279. The number of nitro groups is 1. The van der Waals surface area contributed by atoms with E-state index >= 15 is 0 Å². The average Bonchev–Trinajstić information content (AvgIpc) is 2.42. The number of hydrogen-bond donors (Lipinski definition) is 0. The first-order chi connectivity index (χ1) is 9.88. The standard InChI is InChI=1S/C14H9BrFNO4/c1-8(18)11-6-9(3-5-14(11)17(19)20)21-10-2-4-13(16)12(15)7-10/h2-7H,1H3. The molecule has 0 aromatic heterocycles. The molecule has 2 rings (SSSR count). The Morgan fingerprint density at radius 3 is 2.43 bits per heavy atom. The van der Waals surface area contributed by atoms with Gasteiger partial charge in [-0.05, 0) is 53.2 Å². The molecule has 5 nitrogen and oxygen atoms in total. The summed E-state index contributed by atoms with van der Waals surface area (Å²) in [5, 5.41) is 10.8. The Morgan fingerprint density at radius 2 is 1.86 bits per heavy atom. The number of hydrogen-bond acceptors (Lipinski definition) is 4. The summed E-state index contributed by atoms with van der Waals surface area (Å²) in [6, 6.07) is 7.92. The summed E-state index contributed by atoms with van der Waals surface area (Å²) in [5.41, 5.74) is -0.325. The van der Waals surface area contributed by atoms with Crippen molar-refractivity contribution in [1.29, 1.82) is 0 Å². The summed E-state index contributed by atoms with van der Waals surface area (Å²) >= 11 is 3.03. The molecule has 2 aromatic rings. The van der Waals surface area contributed by atoms with Crippen molar-refractivity contribution in [2.24, 2.45) is 0 Å². The number of Topliss-reactive ketones (excluding diaryl/α,β-unsaturated/α-hetero) is 1. The van der Waals surface area contributed by atoms with Gasteiger partial charge in [0.25, 0.3) is 5.69 Å². The number of benzene rings is 2. The van der Waals surface area contributed by atoms with E-state index < -0.39 is 16.5 Å². The quantitative estimate of drug-likeness (QED) is 0.461. The van der Waals surface area contributed by atoms with Crippen LogP contribution in [0.4, 0.5) is 10.1 Å². The number of carbonyl (C=O) groups excluding carboxylic acids is 1. The number of halogens is 2. The van der Waals surface area contributed by atoms with Crippen molar-refractivity contribution in [2.75, 3.05) is 0 Å². The van der Waals surface area contributed by atoms with Crippen LogP contribution in [0.2, 0.25) is 0 Å². The molecule has 0 unspecified atom stereocenters. The maximum absolute atomic E-state index is 13.1. The molecule has 21 heavy (non-hydrogen) atoms. The number of rotatable bonds is 4. The molecule has 0 aliphatic heterocycles. The Kier molecular flexibility index (Phi) is 4.32. The summed E-state index contributed by atoms with van der Waals surface area (Å²) in [6.45, 7) is 1.24. The Labute approximate surface area is 127 Å². The van der Waals surface area contributed by atoms with Crippen LogP contribution >= 0.6 is 15.9 Å². The Balaban J connectivity index is 2.36. The molecule has 0 fully saturated rings. The molecule has 0 atom stereocenters. The molecule has 0 saturated carbocycles. The lowest BCUT2D eigenvalue weighted by Gasteiger charge is -2.08. The van der Waals surface area contributed by atoms with Gasteiger partial charge >= 0.3 is 0 Å². The second-order valence-corrected chi connectivity index (χ2v) is 5.02. The molecule has 0 aliphatic carbocycles. The number of nitro benzene ring substituents is 1. The third kappa shape index (κ3) is 3.43. The molecule has 108 valence electrons.